The summed E-state index contributed by atoms with van der Waals surface area (Å²) in [7, 11) is 0. The van der Waals surface area contributed by atoms with E-state index in [9.17, 15) is 0 Å². The average molecular weight is 483 g/mol. The summed E-state index contributed by atoms with van der Waals surface area (Å²) >= 11 is 0. The van der Waals surface area contributed by atoms with Gasteiger partial charge in [-0.1, -0.05) is 31.2 Å². The lowest BCUT2D eigenvalue weighted by Gasteiger charge is -2.55. The highest BCUT2D eigenvalue weighted by atomic mass is 16.5. The number of pyridine rings is 1. The minimum atomic E-state index is -0.0883. The highest BCUT2D eigenvalue weighted by Gasteiger charge is 2.66. The first-order chi connectivity index (χ1) is 17.4. The van der Waals surface area contributed by atoms with Crippen LogP contribution in [-0.2, 0) is 9.47 Å². The van der Waals surface area contributed by atoms with Crippen LogP contribution in [0.5, 0.6) is 0 Å². The zero-order valence-corrected chi connectivity index (χ0v) is 21.7. The standard InChI is InChI=1S/C32H38N2O2/c1-29(19-35-20-29)34-26-6-5-24-16-25-9-11-30(2)27(22-4-3-21-10-14-33-18-23(21)15-22)7-8-28(30)32(25)13-12-31(24,17-26)36-32/h3-4,9-10,14-16,18,26-28,34H,5-8,11-13,17,19-20H2,1-2H3. The Hall–Kier alpha value is -2.01. The Labute approximate surface area is 214 Å². The number of fused-ring (bicyclic) bond motifs is 2. The van der Waals surface area contributed by atoms with Gasteiger partial charge in [0.25, 0.3) is 0 Å². The maximum Gasteiger partial charge on any atom is 0.0974 e. The van der Waals surface area contributed by atoms with Gasteiger partial charge in [0, 0.05) is 23.8 Å². The fraction of sp³-hybridized carbons (Fsp3) is 0.594. The third kappa shape index (κ3) is 2.90. The molecule has 1 aromatic heterocycles. The van der Waals surface area contributed by atoms with Crippen LogP contribution in [0.25, 0.3) is 10.8 Å². The smallest absolute Gasteiger partial charge is 0.0974 e. The van der Waals surface area contributed by atoms with E-state index in [0.29, 0.717) is 17.9 Å². The Morgan fingerprint density at radius 2 is 1.94 bits per heavy atom. The van der Waals surface area contributed by atoms with Gasteiger partial charge in [-0.05, 0) is 110 Å². The quantitative estimate of drug-likeness (QED) is 0.564. The molecular formula is C32H38N2O2. The van der Waals surface area contributed by atoms with E-state index in [0.717, 1.165) is 32.5 Å². The normalized spacial score (nSPS) is 42.1. The van der Waals surface area contributed by atoms with Crippen molar-refractivity contribution in [1.29, 1.82) is 0 Å². The van der Waals surface area contributed by atoms with Gasteiger partial charge in [-0.2, -0.15) is 0 Å². The van der Waals surface area contributed by atoms with Gasteiger partial charge in [0.2, 0.25) is 0 Å². The van der Waals surface area contributed by atoms with Crippen molar-refractivity contribution in [2.24, 2.45) is 11.3 Å². The van der Waals surface area contributed by atoms with E-state index in [2.05, 4.69) is 60.6 Å². The largest absolute Gasteiger partial charge is 0.377 e. The van der Waals surface area contributed by atoms with Crippen molar-refractivity contribution in [3.05, 3.63) is 65.5 Å². The summed E-state index contributed by atoms with van der Waals surface area (Å²) < 4.78 is 13.0. The highest BCUT2D eigenvalue weighted by molar-refractivity contribution is 5.82. The van der Waals surface area contributed by atoms with Crippen LogP contribution in [0.2, 0.25) is 0 Å². The summed E-state index contributed by atoms with van der Waals surface area (Å²) in [4.78, 5) is 4.39. The topological polar surface area (TPSA) is 43.4 Å². The van der Waals surface area contributed by atoms with E-state index < -0.39 is 0 Å². The molecule has 1 aromatic carbocycles. The SMILES string of the molecule is CC1(NC2CCC3=CC4=CCC5(C)C(c6ccc7ccncc7c6)CCC5C45CCC3(C2)O5)COC1. The fourth-order valence-electron chi connectivity index (χ4n) is 9.38. The second-order valence-electron chi connectivity index (χ2n) is 13.3. The average Bonchev–Trinajstić information content (AvgIpc) is 3.38. The van der Waals surface area contributed by atoms with Crippen molar-refractivity contribution in [3.8, 4) is 0 Å². The predicted molar refractivity (Wildman–Crippen MR) is 142 cm³/mol. The third-order valence-electron chi connectivity index (χ3n) is 11.1. The van der Waals surface area contributed by atoms with Gasteiger partial charge in [0.15, 0.2) is 0 Å². The monoisotopic (exact) mass is 482 g/mol. The van der Waals surface area contributed by atoms with Gasteiger partial charge in [-0.15, -0.1) is 0 Å². The molecule has 6 unspecified atom stereocenters. The number of hydrogen-bond donors (Lipinski definition) is 1. The van der Waals surface area contributed by atoms with Crippen LogP contribution >= 0.6 is 0 Å². The minimum Gasteiger partial charge on any atom is -0.377 e. The van der Waals surface area contributed by atoms with Crippen LogP contribution in [-0.4, -0.2) is 41.0 Å². The Morgan fingerprint density at radius 3 is 2.81 bits per heavy atom. The van der Waals surface area contributed by atoms with Crippen LogP contribution < -0.4 is 5.32 Å². The Balaban J connectivity index is 1.13. The summed E-state index contributed by atoms with van der Waals surface area (Å²) in [6.07, 6.45) is 18.6. The number of aromatic nitrogens is 1. The summed E-state index contributed by atoms with van der Waals surface area (Å²) in [6.45, 7) is 6.56. The summed E-state index contributed by atoms with van der Waals surface area (Å²) in [5, 5.41) is 6.50. The Bertz CT molecular complexity index is 1310. The Kier molecular flexibility index (Phi) is 4.47. The predicted octanol–water partition coefficient (Wildman–Crippen LogP) is 6.22. The molecule has 2 aromatic rings. The van der Waals surface area contributed by atoms with Gasteiger partial charge in [0.05, 0.1) is 30.0 Å². The lowest BCUT2D eigenvalue weighted by atomic mass is 9.58. The van der Waals surface area contributed by atoms with Crippen molar-refractivity contribution in [3.63, 3.8) is 0 Å². The highest BCUT2D eigenvalue weighted by Crippen LogP contribution is 2.69. The molecule has 2 spiro atoms. The molecule has 3 aliphatic heterocycles. The summed E-state index contributed by atoms with van der Waals surface area (Å²) in [5.74, 6) is 1.16. The molecule has 36 heavy (non-hydrogen) atoms. The van der Waals surface area contributed by atoms with E-state index in [-0.39, 0.29) is 22.2 Å². The third-order valence-corrected chi connectivity index (χ3v) is 11.1. The molecule has 2 bridgehead atoms. The molecule has 4 heterocycles. The molecule has 6 aliphatic rings. The van der Waals surface area contributed by atoms with Gasteiger partial charge in [-0.25, -0.2) is 0 Å². The number of allylic oxidation sites excluding steroid dienone is 1. The van der Waals surface area contributed by atoms with Gasteiger partial charge < -0.3 is 14.8 Å². The lowest BCUT2D eigenvalue weighted by molar-refractivity contribution is -0.140. The van der Waals surface area contributed by atoms with Crippen molar-refractivity contribution >= 4 is 10.8 Å². The van der Waals surface area contributed by atoms with Gasteiger partial charge in [-0.3, -0.25) is 4.98 Å². The summed E-state index contributed by atoms with van der Waals surface area (Å²) in [6, 6.07) is 9.74. The van der Waals surface area contributed by atoms with Crippen LogP contribution in [0.3, 0.4) is 0 Å². The van der Waals surface area contributed by atoms with E-state index in [1.54, 1.807) is 5.57 Å². The second kappa shape index (κ2) is 7.30. The van der Waals surface area contributed by atoms with Crippen LogP contribution in [0.4, 0.5) is 0 Å². The Morgan fingerprint density at radius 1 is 1.03 bits per heavy atom. The van der Waals surface area contributed by atoms with E-state index >= 15 is 0 Å². The number of hydrogen-bond acceptors (Lipinski definition) is 4. The molecule has 2 saturated carbocycles. The van der Waals surface area contributed by atoms with Crippen molar-refractivity contribution < 1.29 is 9.47 Å². The number of nitrogens with one attached hydrogen (secondary N) is 1. The first-order valence-corrected chi connectivity index (χ1v) is 14.2. The summed E-state index contributed by atoms with van der Waals surface area (Å²) in [5.41, 5.74) is 4.83. The van der Waals surface area contributed by atoms with E-state index in [1.807, 2.05) is 12.4 Å². The molecule has 188 valence electrons. The molecule has 0 radical (unpaired) electrons. The molecule has 2 saturated heterocycles. The molecule has 8 rings (SSSR count). The van der Waals surface area contributed by atoms with Crippen molar-refractivity contribution in [1.82, 2.24) is 10.3 Å². The van der Waals surface area contributed by atoms with Crippen molar-refractivity contribution in [2.45, 2.75) is 93.9 Å². The molecule has 6 atom stereocenters. The maximum atomic E-state index is 7.49. The maximum absolute atomic E-state index is 7.49. The molecule has 4 fully saturated rings. The molecule has 1 N–H and O–H groups in total. The molecular weight excluding hydrogens is 444 g/mol. The number of benzene rings is 1. The number of rotatable bonds is 3. The first kappa shape index (κ1) is 22.0. The van der Waals surface area contributed by atoms with E-state index in [4.69, 9.17) is 9.47 Å². The molecule has 4 heteroatoms. The molecule has 3 aliphatic carbocycles. The van der Waals surface area contributed by atoms with Gasteiger partial charge >= 0.3 is 0 Å². The minimum absolute atomic E-state index is 0.0564. The first-order valence-electron chi connectivity index (χ1n) is 14.2. The second-order valence-corrected chi connectivity index (χ2v) is 13.3. The fourth-order valence-corrected chi connectivity index (χ4v) is 9.38. The zero-order chi connectivity index (χ0) is 24.2. The van der Waals surface area contributed by atoms with E-state index in [1.165, 1.54) is 54.0 Å². The molecule has 0 amide bonds. The number of nitrogens with zero attached hydrogens (tertiary/aromatic N) is 1. The van der Waals surface area contributed by atoms with Crippen molar-refractivity contribution in [2.75, 3.05) is 13.2 Å². The molecule has 4 nitrogen and oxygen atoms in total. The zero-order valence-electron chi connectivity index (χ0n) is 21.7. The van der Waals surface area contributed by atoms with Crippen LogP contribution in [0, 0.1) is 11.3 Å². The number of ether oxygens (including phenoxy) is 2. The van der Waals surface area contributed by atoms with Crippen LogP contribution in [0.1, 0.15) is 76.7 Å². The van der Waals surface area contributed by atoms with Crippen LogP contribution in [0.15, 0.2) is 60.0 Å². The lowest BCUT2D eigenvalue weighted by Crippen LogP contribution is -2.63. The van der Waals surface area contributed by atoms with Gasteiger partial charge in [0.1, 0.15) is 0 Å².